The second-order valence-electron chi connectivity index (χ2n) is 7.91. The molecule has 2 aromatic rings. The van der Waals surface area contributed by atoms with Crippen LogP contribution in [0.2, 0.25) is 0 Å². The topological polar surface area (TPSA) is 66.9 Å². The molecule has 3 atom stereocenters. The van der Waals surface area contributed by atoms with Gasteiger partial charge in [-0.1, -0.05) is 48.5 Å². The van der Waals surface area contributed by atoms with E-state index in [2.05, 4.69) is 43.3 Å². The highest BCUT2D eigenvalue weighted by atomic mass is 32.2. The third-order valence-electron chi connectivity index (χ3n) is 6.09. The first kappa shape index (κ1) is 20.1. The molecule has 0 radical (unpaired) electrons. The monoisotopic (exact) mass is 414 g/mol. The lowest BCUT2D eigenvalue weighted by Gasteiger charge is -2.58. The molecule has 0 spiro atoms. The van der Waals surface area contributed by atoms with Crippen LogP contribution in [0.15, 0.2) is 48.5 Å². The molecular weight excluding hydrogens is 388 g/mol. The highest BCUT2D eigenvalue weighted by Crippen LogP contribution is 2.44. The fourth-order valence-electron chi connectivity index (χ4n) is 4.66. The van der Waals surface area contributed by atoms with Crippen LogP contribution >= 0.6 is 0 Å². The maximum absolute atomic E-state index is 12.6. The highest BCUT2D eigenvalue weighted by molar-refractivity contribution is 7.88. The molecule has 4 rings (SSSR count). The van der Waals surface area contributed by atoms with E-state index in [4.69, 9.17) is 4.74 Å². The number of sulfonamides is 1. The van der Waals surface area contributed by atoms with Crippen LogP contribution in [0.1, 0.15) is 17.0 Å². The molecule has 1 amide bonds. The Balaban J connectivity index is 1.63. The average Bonchev–Trinajstić information content (AvgIpc) is 2.66. The van der Waals surface area contributed by atoms with Gasteiger partial charge in [-0.05, 0) is 29.2 Å². The Bertz CT molecular complexity index is 1020. The fourth-order valence-corrected chi connectivity index (χ4v) is 5.43. The first-order valence-electron chi connectivity index (χ1n) is 9.72. The van der Waals surface area contributed by atoms with Gasteiger partial charge in [-0.2, -0.15) is 4.31 Å². The molecule has 0 unspecified atom stereocenters. The van der Waals surface area contributed by atoms with Crippen molar-refractivity contribution in [1.29, 1.82) is 0 Å². The first-order valence-corrected chi connectivity index (χ1v) is 11.6. The third kappa shape index (κ3) is 3.58. The van der Waals surface area contributed by atoms with E-state index >= 15 is 0 Å². The molecule has 0 aliphatic carbocycles. The van der Waals surface area contributed by atoms with Gasteiger partial charge >= 0.3 is 0 Å². The minimum Gasteiger partial charge on any atom is -0.383 e. The van der Waals surface area contributed by atoms with Crippen LogP contribution in [0.5, 0.6) is 0 Å². The Morgan fingerprint density at radius 3 is 2.41 bits per heavy atom. The van der Waals surface area contributed by atoms with E-state index in [1.54, 1.807) is 7.11 Å². The molecule has 2 aliphatic rings. The summed E-state index contributed by atoms with van der Waals surface area (Å²) in [6.45, 7) is 2.77. The summed E-state index contributed by atoms with van der Waals surface area (Å²) in [6.07, 6.45) is 1.16. The summed E-state index contributed by atoms with van der Waals surface area (Å²) in [6, 6.07) is 16.4. The number of nitrogens with zero attached hydrogens (tertiary/aromatic N) is 2. The number of piperazine rings is 1. The summed E-state index contributed by atoms with van der Waals surface area (Å²) in [7, 11) is -1.78. The van der Waals surface area contributed by atoms with E-state index in [0.29, 0.717) is 13.2 Å². The van der Waals surface area contributed by atoms with Gasteiger partial charge in [-0.15, -0.1) is 0 Å². The number of rotatable bonds is 5. The fraction of sp³-hybridized carbons (Fsp3) is 0.409. The van der Waals surface area contributed by atoms with Gasteiger partial charge in [0.1, 0.15) is 0 Å². The van der Waals surface area contributed by atoms with Gasteiger partial charge in [0, 0.05) is 19.6 Å². The average molecular weight is 415 g/mol. The molecule has 0 aromatic heterocycles. The molecule has 2 aromatic carbocycles. The SMILES string of the molecule is COC[C@H]1[C@H](c2ccc(-c3ccccc3C)cc2)[C@@H]2CN(S(C)(=O)=O)CC(=O)N12. The molecule has 0 bridgehead atoms. The number of methoxy groups -OCH3 is 1. The molecule has 2 aliphatic heterocycles. The van der Waals surface area contributed by atoms with Gasteiger partial charge in [0.25, 0.3) is 0 Å². The second-order valence-corrected chi connectivity index (χ2v) is 9.89. The Morgan fingerprint density at radius 2 is 1.79 bits per heavy atom. The summed E-state index contributed by atoms with van der Waals surface area (Å²) in [5.74, 6) is -0.101. The minimum absolute atomic E-state index is 0.0503. The van der Waals surface area contributed by atoms with Crippen LogP contribution in [0.3, 0.4) is 0 Å². The van der Waals surface area contributed by atoms with E-state index in [9.17, 15) is 13.2 Å². The lowest BCUT2D eigenvalue weighted by atomic mass is 9.74. The predicted molar refractivity (Wildman–Crippen MR) is 112 cm³/mol. The van der Waals surface area contributed by atoms with Crippen molar-refractivity contribution in [3.05, 3.63) is 59.7 Å². The molecule has 6 nitrogen and oxygen atoms in total. The number of amides is 1. The summed E-state index contributed by atoms with van der Waals surface area (Å²) >= 11 is 0. The maximum atomic E-state index is 12.6. The lowest BCUT2D eigenvalue weighted by Crippen LogP contribution is -2.73. The standard InChI is InChI=1S/C22H26N2O4S/c1-15-6-4-5-7-18(15)16-8-10-17(11-9-16)22-19-12-23(29(3,26)27)13-21(25)24(19)20(22)14-28-2/h4-11,19-20,22H,12-14H2,1-3H3/t19-,20-,22+/m0/s1. The van der Waals surface area contributed by atoms with Crippen molar-refractivity contribution >= 4 is 15.9 Å². The van der Waals surface area contributed by atoms with Crippen LogP contribution < -0.4 is 0 Å². The lowest BCUT2D eigenvalue weighted by molar-refractivity contribution is -0.158. The normalized spacial score (nSPS) is 24.9. The Labute approximate surface area is 172 Å². The number of fused-ring (bicyclic) bond motifs is 1. The largest absolute Gasteiger partial charge is 0.383 e. The number of benzene rings is 2. The van der Waals surface area contributed by atoms with Gasteiger partial charge in [-0.25, -0.2) is 8.42 Å². The zero-order valence-electron chi connectivity index (χ0n) is 16.9. The van der Waals surface area contributed by atoms with Crippen LogP contribution in [0, 0.1) is 6.92 Å². The van der Waals surface area contributed by atoms with Crippen molar-refractivity contribution in [3.8, 4) is 11.1 Å². The Kier molecular flexibility index (Phi) is 5.23. The van der Waals surface area contributed by atoms with E-state index < -0.39 is 10.0 Å². The van der Waals surface area contributed by atoms with Crippen LogP contribution in [-0.2, 0) is 19.6 Å². The molecule has 154 valence electrons. The van der Waals surface area contributed by atoms with E-state index in [1.165, 1.54) is 15.4 Å². The second kappa shape index (κ2) is 7.55. The molecule has 0 N–H and O–H groups in total. The summed E-state index contributed by atoms with van der Waals surface area (Å²) in [4.78, 5) is 14.4. The molecule has 2 heterocycles. The van der Waals surface area contributed by atoms with E-state index in [-0.39, 0.29) is 30.5 Å². The van der Waals surface area contributed by atoms with Crippen LogP contribution in [0.25, 0.3) is 11.1 Å². The van der Waals surface area contributed by atoms with Gasteiger partial charge in [0.05, 0.1) is 31.5 Å². The highest BCUT2D eigenvalue weighted by Gasteiger charge is 2.55. The Morgan fingerprint density at radius 1 is 1.10 bits per heavy atom. The van der Waals surface area contributed by atoms with Crippen molar-refractivity contribution in [3.63, 3.8) is 0 Å². The van der Waals surface area contributed by atoms with Gasteiger partial charge in [0.15, 0.2) is 0 Å². The first-order chi connectivity index (χ1) is 13.8. The molecule has 2 saturated heterocycles. The third-order valence-corrected chi connectivity index (χ3v) is 7.31. The number of hydrogen-bond acceptors (Lipinski definition) is 4. The zero-order chi connectivity index (χ0) is 20.8. The summed E-state index contributed by atoms with van der Waals surface area (Å²) in [5.41, 5.74) is 4.66. The van der Waals surface area contributed by atoms with Crippen molar-refractivity contribution in [1.82, 2.24) is 9.21 Å². The smallest absolute Gasteiger partial charge is 0.238 e. The number of carbonyl (C=O) groups excluding carboxylic acids is 1. The quantitative estimate of drug-likeness (QED) is 0.753. The molecule has 7 heteroatoms. The summed E-state index contributed by atoms with van der Waals surface area (Å²) in [5, 5.41) is 0. The van der Waals surface area contributed by atoms with E-state index in [0.717, 1.165) is 17.4 Å². The molecule has 29 heavy (non-hydrogen) atoms. The van der Waals surface area contributed by atoms with Gasteiger partial charge in [0.2, 0.25) is 15.9 Å². The number of aryl methyl sites for hydroxylation is 1. The molecule has 2 fully saturated rings. The van der Waals surface area contributed by atoms with Gasteiger partial charge in [-0.3, -0.25) is 4.79 Å². The summed E-state index contributed by atoms with van der Waals surface area (Å²) < 4.78 is 30.7. The predicted octanol–water partition coefficient (Wildman–Crippen LogP) is 2.25. The van der Waals surface area contributed by atoms with Crippen LogP contribution in [0.4, 0.5) is 0 Å². The number of ether oxygens (including phenoxy) is 1. The maximum Gasteiger partial charge on any atom is 0.238 e. The molecule has 0 saturated carbocycles. The minimum atomic E-state index is -3.41. The Hall–Kier alpha value is -2.22. The van der Waals surface area contributed by atoms with Crippen molar-refractivity contribution < 1.29 is 17.9 Å². The number of hydrogen-bond donors (Lipinski definition) is 0. The van der Waals surface area contributed by atoms with Crippen molar-refractivity contribution in [2.75, 3.05) is 33.1 Å². The van der Waals surface area contributed by atoms with Crippen molar-refractivity contribution in [2.45, 2.75) is 24.9 Å². The van der Waals surface area contributed by atoms with E-state index in [1.807, 2.05) is 17.0 Å². The van der Waals surface area contributed by atoms with Crippen molar-refractivity contribution in [2.24, 2.45) is 0 Å². The molecular formula is C22H26N2O4S. The zero-order valence-corrected chi connectivity index (χ0v) is 17.7. The number of carbonyl (C=O) groups is 1. The van der Waals surface area contributed by atoms with Crippen LogP contribution in [-0.4, -0.2) is 68.7 Å². The van der Waals surface area contributed by atoms with Gasteiger partial charge < -0.3 is 9.64 Å².